The number of pyridine rings is 2. The Bertz CT molecular complexity index is 3730. The van der Waals surface area contributed by atoms with Gasteiger partial charge in [-0.05, 0) is 107 Å². The van der Waals surface area contributed by atoms with Gasteiger partial charge in [-0.1, -0.05) is 36.8 Å². The van der Waals surface area contributed by atoms with Crippen molar-refractivity contribution < 1.29 is 46.2 Å². The van der Waals surface area contributed by atoms with Crippen LogP contribution in [0.2, 0.25) is 0 Å². The molecule has 2 aliphatic rings. The minimum atomic E-state index is -3.06. The highest BCUT2D eigenvalue weighted by Crippen LogP contribution is 2.39. The van der Waals surface area contributed by atoms with Gasteiger partial charge >= 0.3 is 0 Å². The van der Waals surface area contributed by atoms with E-state index in [2.05, 4.69) is 49.0 Å². The highest BCUT2D eigenvalue weighted by molar-refractivity contribution is 6.05. The normalized spacial score (nSPS) is 15.1. The summed E-state index contributed by atoms with van der Waals surface area (Å²) in [5.41, 5.74) is 4.19. The van der Waals surface area contributed by atoms with Gasteiger partial charge in [0, 0.05) is 72.7 Å². The molecule has 0 radical (unpaired) electrons. The number of hydrogen-bond donors (Lipinski definition) is 2. The number of alkyl halides is 4. The largest absolute Gasteiger partial charge is 0.478 e. The number of nitrogens with zero attached hydrogens (tertiary/aromatic N) is 10. The number of ether oxygens (including phenoxy) is 2. The third kappa shape index (κ3) is 12.1. The topological polar surface area (TPSA) is 203 Å². The van der Waals surface area contributed by atoms with Gasteiger partial charge < -0.3 is 29.9 Å². The number of benzene rings is 2. The predicted molar refractivity (Wildman–Crippen MR) is 294 cm³/mol. The van der Waals surface area contributed by atoms with Crippen LogP contribution in [-0.4, -0.2) is 98.4 Å². The third-order valence-corrected chi connectivity index (χ3v) is 13.6. The molecule has 8 heterocycles. The van der Waals surface area contributed by atoms with E-state index in [0.29, 0.717) is 83.3 Å². The molecule has 4 amide bonds. The van der Waals surface area contributed by atoms with Gasteiger partial charge in [0.05, 0.1) is 72.5 Å². The molecule has 416 valence electrons. The second-order valence-electron chi connectivity index (χ2n) is 19.1. The zero-order valence-corrected chi connectivity index (χ0v) is 44.9. The third-order valence-electron chi connectivity index (χ3n) is 13.6. The molecule has 0 bridgehead atoms. The summed E-state index contributed by atoms with van der Waals surface area (Å²) in [6.45, 7) is 12.6. The van der Waals surface area contributed by atoms with Crippen molar-refractivity contribution in [3.63, 3.8) is 0 Å². The van der Waals surface area contributed by atoms with Gasteiger partial charge in [-0.3, -0.25) is 37.9 Å². The van der Waals surface area contributed by atoms with Crippen molar-refractivity contribution in [2.24, 2.45) is 0 Å². The Kier molecular flexibility index (Phi) is 16.5. The molecule has 0 aliphatic carbocycles. The van der Waals surface area contributed by atoms with Gasteiger partial charge in [0.15, 0.2) is 0 Å². The average molecular weight is 1110 g/mol. The van der Waals surface area contributed by atoms with Crippen LogP contribution in [0, 0.1) is 11.8 Å². The molecule has 81 heavy (non-hydrogen) atoms. The van der Waals surface area contributed by atoms with Crippen LogP contribution < -0.4 is 20.1 Å². The zero-order valence-electron chi connectivity index (χ0n) is 44.9. The van der Waals surface area contributed by atoms with Gasteiger partial charge in [0.25, 0.3) is 29.6 Å². The summed E-state index contributed by atoms with van der Waals surface area (Å²) in [4.78, 5) is 81.0. The van der Waals surface area contributed by atoms with E-state index in [-0.39, 0.29) is 46.7 Å². The van der Waals surface area contributed by atoms with E-state index in [9.17, 15) is 36.7 Å². The standard InChI is InChI=1S/C30H28F2N6O3.C29H28F2N6O3/c1-4-7-25(39)37-15-6-8-22(37)28-36-27(23-17-33-18-26(38(23)28)41-5-2)19-9-11-20(12-10-19)29(40)35-24-16-21(13-14-34-24)30(3,31)32;1-4-24(38)36-14-6-7-21(36)27-35-26(22-16-32-17-25(37(22)27)40-5-2)18-8-10-19(11-9-18)28(39)34-23-15-20(12-13-33-23)29(3,30)31/h9-14,16-18,22H,5-6,8,15H2,1-3H3,(H,34,35,40);4,8-13,15-17,21H,1,5-7,14H2,2-3H3,(H,33,34,39)/t22-;21-/m00/s1. The molecule has 10 rings (SSSR count). The molecule has 2 fully saturated rings. The van der Waals surface area contributed by atoms with Crippen molar-refractivity contribution in [2.75, 3.05) is 36.9 Å². The van der Waals surface area contributed by atoms with Gasteiger partial charge in [0.1, 0.15) is 23.3 Å². The first-order valence-electron chi connectivity index (χ1n) is 26.1. The maximum absolute atomic E-state index is 13.7. The van der Waals surface area contributed by atoms with Gasteiger partial charge in [-0.2, -0.15) is 0 Å². The number of amides is 4. The monoisotopic (exact) mass is 1100 g/mol. The SMILES string of the molecule is C=CC(=O)N1CCC[C@H]1c1nc(-c2ccc(C(=O)Nc3cc(C(C)(F)F)ccn3)cc2)c2cncc(OCC)n12.CC#CC(=O)N1CCC[C@H]1c1nc(-c2ccc(C(=O)Nc3cc(C(C)(F)F)ccn3)cc2)c2cncc(OCC)n12. The molecule has 0 saturated carbocycles. The molecule has 0 spiro atoms. The lowest BCUT2D eigenvalue weighted by Gasteiger charge is -2.23. The van der Waals surface area contributed by atoms with E-state index in [1.807, 2.05) is 22.6 Å². The van der Waals surface area contributed by atoms with Crippen molar-refractivity contribution in [1.29, 1.82) is 0 Å². The van der Waals surface area contributed by atoms with Crippen molar-refractivity contribution in [3.05, 3.63) is 157 Å². The summed E-state index contributed by atoms with van der Waals surface area (Å²) in [6.07, 6.45) is 13.5. The fourth-order valence-electron chi connectivity index (χ4n) is 9.79. The summed E-state index contributed by atoms with van der Waals surface area (Å²) < 4.78 is 70.2. The number of halogens is 4. The molecule has 2 aliphatic heterocycles. The number of fused-ring (bicyclic) bond motifs is 2. The Morgan fingerprint density at radius 2 is 1.10 bits per heavy atom. The Labute approximate surface area is 463 Å². The summed E-state index contributed by atoms with van der Waals surface area (Å²) >= 11 is 0. The van der Waals surface area contributed by atoms with Crippen LogP contribution in [0.4, 0.5) is 29.2 Å². The molecule has 22 heteroatoms. The van der Waals surface area contributed by atoms with E-state index < -0.39 is 23.7 Å². The lowest BCUT2D eigenvalue weighted by atomic mass is 10.1. The van der Waals surface area contributed by atoms with Crippen LogP contribution in [0.5, 0.6) is 11.8 Å². The minimum absolute atomic E-state index is 0.0285. The lowest BCUT2D eigenvalue weighted by molar-refractivity contribution is -0.127. The first kappa shape index (κ1) is 56.2. The Hall–Kier alpha value is -9.52. The molecule has 2 saturated heterocycles. The number of rotatable bonds is 15. The highest BCUT2D eigenvalue weighted by Gasteiger charge is 2.36. The predicted octanol–water partition coefficient (Wildman–Crippen LogP) is 10.6. The maximum Gasteiger partial charge on any atom is 0.299 e. The van der Waals surface area contributed by atoms with E-state index in [1.165, 1.54) is 30.6 Å². The number of carbonyl (C=O) groups excluding carboxylic acids is 4. The maximum atomic E-state index is 13.7. The van der Waals surface area contributed by atoms with E-state index in [1.54, 1.807) is 90.0 Å². The van der Waals surface area contributed by atoms with E-state index in [0.717, 1.165) is 62.8 Å². The first-order chi connectivity index (χ1) is 38.9. The van der Waals surface area contributed by atoms with Crippen LogP contribution in [0.1, 0.15) is 116 Å². The van der Waals surface area contributed by atoms with Gasteiger partial charge in [-0.15, -0.1) is 0 Å². The number of hydrogen-bond acceptors (Lipinski definition) is 12. The average Bonchev–Trinajstić information content (AvgIpc) is 4.49. The van der Waals surface area contributed by atoms with Crippen molar-refractivity contribution in [3.8, 4) is 46.1 Å². The Balaban J connectivity index is 0.000000196. The van der Waals surface area contributed by atoms with Crippen molar-refractivity contribution in [2.45, 2.75) is 84.2 Å². The zero-order chi connectivity index (χ0) is 57.6. The Morgan fingerprint density at radius 1 is 0.667 bits per heavy atom. The molecule has 2 aromatic carbocycles. The number of likely N-dealkylation sites (tertiary alicyclic amines) is 2. The molecule has 2 atom stereocenters. The molecular weight excluding hydrogens is 1050 g/mol. The second kappa shape index (κ2) is 23.8. The lowest BCUT2D eigenvalue weighted by Crippen LogP contribution is -2.30. The summed E-state index contributed by atoms with van der Waals surface area (Å²) in [7, 11) is 0. The summed E-state index contributed by atoms with van der Waals surface area (Å²) in [6, 6.07) is 17.6. The number of imidazole rings is 2. The van der Waals surface area contributed by atoms with Crippen LogP contribution in [0.15, 0.2) is 123 Å². The molecule has 18 nitrogen and oxygen atoms in total. The molecule has 6 aromatic heterocycles. The number of anilines is 2. The fourth-order valence-corrected chi connectivity index (χ4v) is 9.79. The summed E-state index contributed by atoms with van der Waals surface area (Å²) in [5.74, 6) is 0.183. The Morgan fingerprint density at radius 3 is 1.51 bits per heavy atom. The van der Waals surface area contributed by atoms with Crippen molar-refractivity contribution >= 4 is 46.3 Å². The quantitative estimate of drug-likeness (QED) is 0.0559. The van der Waals surface area contributed by atoms with E-state index in [4.69, 9.17) is 19.4 Å². The number of carbonyl (C=O) groups is 4. The van der Waals surface area contributed by atoms with E-state index >= 15 is 0 Å². The van der Waals surface area contributed by atoms with Crippen LogP contribution in [-0.2, 0) is 21.4 Å². The van der Waals surface area contributed by atoms with Crippen LogP contribution in [0.3, 0.4) is 0 Å². The number of nitrogens with one attached hydrogen (secondary N) is 2. The van der Waals surface area contributed by atoms with Crippen LogP contribution in [0.25, 0.3) is 33.5 Å². The molecular formula is C59H56F4N12O6. The molecule has 8 aromatic rings. The number of aromatic nitrogens is 8. The second-order valence-corrected chi connectivity index (χ2v) is 19.1. The van der Waals surface area contributed by atoms with Crippen molar-refractivity contribution in [1.82, 2.24) is 48.5 Å². The van der Waals surface area contributed by atoms with Gasteiger partial charge in [-0.25, -0.2) is 37.5 Å². The first-order valence-corrected chi connectivity index (χ1v) is 26.1. The highest BCUT2D eigenvalue weighted by atomic mass is 19.3. The van der Waals surface area contributed by atoms with Gasteiger partial charge in [0.2, 0.25) is 17.7 Å². The minimum Gasteiger partial charge on any atom is -0.478 e. The summed E-state index contributed by atoms with van der Waals surface area (Å²) in [5, 5.41) is 5.14. The smallest absolute Gasteiger partial charge is 0.299 e. The van der Waals surface area contributed by atoms with Crippen LogP contribution >= 0.6 is 0 Å². The fraction of sp³-hybridized carbons (Fsp3) is 0.288. The molecule has 0 unspecified atom stereocenters. The molecule has 2 N–H and O–H groups in total.